The molecular formula is C22H24N4O2. The first-order valence-corrected chi connectivity index (χ1v) is 9.58. The molecule has 2 aromatic heterocycles. The first kappa shape index (κ1) is 18.5. The minimum absolute atomic E-state index is 0.0794. The first-order valence-electron chi connectivity index (χ1n) is 9.58. The molecule has 2 unspecified atom stereocenters. The Balaban J connectivity index is 1.36. The number of ether oxygens (including phenoxy) is 1. The van der Waals surface area contributed by atoms with E-state index in [9.17, 15) is 4.79 Å². The highest BCUT2D eigenvalue weighted by Crippen LogP contribution is 2.21. The Kier molecular flexibility index (Phi) is 5.60. The zero-order valence-corrected chi connectivity index (χ0v) is 15.9. The molecule has 0 aliphatic carbocycles. The van der Waals surface area contributed by atoms with E-state index in [4.69, 9.17) is 4.74 Å². The topological polar surface area (TPSA) is 67.4 Å². The van der Waals surface area contributed by atoms with Crippen molar-refractivity contribution in [3.05, 3.63) is 72.2 Å². The Bertz CT molecular complexity index is 947. The van der Waals surface area contributed by atoms with E-state index in [1.54, 1.807) is 12.4 Å². The van der Waals surface area contributed by atoms with Crippen LogP contribution in [0.15, 0.2) is 60.9 Å². The molecule has 1 fully saturated rings. The molecule has 3 aromatic rings. The number of carbonyl (C=O) groups is 1. The fourth-order valence-electron chi connectivity index (χ4n) is 3.53. The molecular weight excluding hydrogens is 352 g/mol. The van der Waals surface area contributed by atoms with Crippen molar-refractivity contribution in [2.45, 2.75) is 25.6 Å². The van der Waals surface area contributed by atoms with Gasteiger partial charge in [0.05, 0.1) is 17.8 Å². The number of carbonyl (C=O) groups excluding carboxylic acids is 1. The molecule has 6 nitrogen and oxygen atoms in total. The summed E-state index contributed by atoms with van der Waals surface area (Å²) in [7, 11) is 0. The molecule has 1 aliphatic heterocycles. The van der Waals surface area contributed by atoms with Crippen LogP contribution in [0.25, 0.3) is 10.9 Å². The lowest BCUT2D eigenvalue weighted by Gasteiger charge is -2.35. The van der Waals surface area contributed by atoms with Gasteiger partial charge in [-0.3, -0.25) is 19.7 Å². The van der Waals surface area contributed by atoms with Crippen molar-refractivity contribution in [3.8, 4) is 0 Å². The maximum absolute atomic E-state index is 12.6. The number of aromatic nitrogens is 2. The van der Waals surface area contributed by atoms with E-state index in [0.29, 0.717) is 19.7 Å². The van der Waals surface area contributed by atoms with Gasteiger partial charge < -0.3 is 10.1 Å². The van der Waals surface area contributed by atoms with Gasteiger partial charge in [-0.05, 0) is 42.8 Å². The molecule has 4 rings (SSSR count). The molecule has 1 amide bonds. The Hall–Kier alpha value is -2.83. The van der Waals surface area contributed by atoms with Gasteiger partial charge >= 0.3 is 0 Å². The number of benzene rings is 1. The summed E-state index contributed by atoms with van der Waals surface area (Å²) in [6.45, 7) is 4.48. The summed E-state index contributed by atoms with van der Waals surface area (Å²) < 4.78 is 5.73. The van der Waals surface area contributed by atoms with Crippen LogP contribution in [-0.2, 0) is 16.1 Å². The summed E-state index contributed by atoms with van der Waals surface area (Å²) >= 11 is 0. The van der Waals surface area contributed by atoms with E-state index in [1.165, 1.54) is 0 Å². The van der Waals surface area contributed by atoms with Gasteiger partial charge in [-0.25, -0.2) is 0 Å². The molecule has 3 heterocycles. The Morgan fingerprint density at radius 1 is 1.21 bits per heavy atom. The molecule has 1 aliphatic rings. The van der Waals surface area contributed by atoms with Crippen molar-refractivity contribution in [2.24, 2.45) is 0 Å². The SMILES string of the molecule is CC(c1ccccn1)N1CCOC(C(=O)NCc2ccc3ncccc3c2)C1. The van der Waals surface area contributed by atoms with Crippen LogP contribution in [0.5, 0.6) is 0 Å². The second kappa shape index (κ2) is 8.46. The molecule has 28 heavy (non-hydrogen) atoms. The predicted molar refractivity (Wildman–Crippen MR) is 108 cm³/mol. The summed E-state index contributed by atoms with van der Waals surface area (Å²) in [5.74, 6) is -0.0794. The molecule has 1 saturated heterocycles. The molecule has 0 bridgehead atoms. The van der Waals surface area contributed by atoms with Gasteiger partial charge in [0.2, 0.25) is 0 Å². The number of hydrogen-bond acceptors (Lipinski definition) is 5. The minimum Gasteiger partial charge on any atom is -0.366 e. The van der Waals surface area contributed by atoms with Gasteiger partial charge in [-0.15, -0.1) is 0 Å². The molecule has 2 atom stereocenters. The first-order chi connectivity index (χ1) is 13.7. The lowest BCUT2D eigenvalue weighted by molar-refractivity contribution is -0.139. The maximum atomic E-state index is 12.6. The normalized spacial score (nSPS) is 18.7. The number of hydrogen-bond donors (Lipinski definition) is 1. The highest BCUT2D eigenvalue weighted by molar-refractivity contribution is 5.82. The van der Waals surface area contributed by atoms with Crippen LogP contribution in [-0.4, -0.2) is 46.6 Å². The summed E-state index contributed by atoms with van der Waals surface area (Å²) in [6, 6.07) is 16.0. The molecule has 144 valence electrons. The number of amides is 1. The third-order valence-corrected chi connectivity index (χ3v) is 5.19. The number of nitrogens with zero attached hydrogens (tertiary/aromatic N) is 3. The summed E-state index contributed by atoms with van der Waals surface area (Å²) in [5.41, 5.74) is 3.00. The van der Waals surface area contributed by atoms with Gasteiger partial charge in [0.25, 0.3) is 5.91 Å². The summed E-state index contributed by atoms with van der Waals surface area (Å²) in [5, 5.41) is 4.07. The van der Waals surface area contributed by atoms with Crippen LogP contribution >= 0.6 is 0 Å². The zero-order chi connectivity index (χ0) is 19.3. The quantitative estimate of drug-likeness (QED) is 0.742. The zero-order valence-electron chi connectivity index (χ0n) is 15.9. The fourth-order valence-corrected chi connectivity index (χ4v) is 3.53. The van der Waals surface area contributed by atoms with E-state index in [2.05, 4.69) is 33.2 Å². The van der Waals surface area contributed by atoms with Crippen molar-refractivity contribution in [2.75, 3.05) is 19.7 Å². The van der Waals surface area contributed by atoms with E-state index in [-0.39, 0.29) is 11.9 Å². The Morgan fingerprint density at radius 2 is 2.11 bits per heavy atom. The van der Waals surface area contributed by atoms with Gasteiger partial charge in [-0.1, -0.05) is 18.2 Å². The molecule has 1 aromatic carbocycles. The van der Waals surface area contributed by atoms with E-state index < -0.39 is 6.10 Å². The van der Waals surface area contributed by atoms with Crippen molar-refractivity contribution in [3.63, 3.8) is 0 Å². The summed E-state index contributed by atoms with van der Waals surface area (Å²) in [4.78, 5) is 23.7. The van der Waals surface area contributed by atoms with Crippen LogP contribution in [0.4, 0.5) is 0 Å². The third kappa shape index (κ3) is 4.18. The average Bonchev–Trinajstić information content (AvgIpc) is 2.77. The van der Waals surface area contributed by atoms with Gasteiger partial charge in [0.1, 0.15) is 6.10 Å². The molecule has 0 radical (unpaired) electrons. The second-order valence-electron chi connectivity index (χ2n) is 7.03. The van der Waals surface area contributed by atoms with Crippen LogP contribution in [0.3, 0.4) is 0 Å². The van der Waals surface area contributed by atoms with Crippen LogP contribution < -0.4 is 5.32 Å². The number of rotatable bonds is 5. The highest BCUT2D eigenvalue weighted by Gasteiger charge is 2.29. The third-order valence-electron chi connectivity index (χ3n) is 5.19. The van der Waals surface area contributed by atoms with E-state index >= 15 is 0 Å². The van der Waals surface area contributed by atoms with E-state index in [1.807, 2.05) is 42.5 Å². The number of fused-ring (bicyclic) bond motifs is 1. The minimum atomic E-state index is -0.470. The smallest absolute Gasteiger partial charge is 0.250 e. The van der Waals surface area contributed by atoms with Crippen LogP contribution in [0, 0.1) is 0 Å². The monoisotopic (exact) mass is 376 g/mol. The second-order valence-corrected chi connectivity index (χ2v) is 7.03. The van der Waals surface area contributed by atoms with Gasteiger partial charge in [0, 0.05) is 43.5 Å². The molecule has 0 spiro atoms. The maximum Gasteiger partial charge on any atom is 0.250 e. The van der Waals surface area contributed by atoms with E-state index in [0.717, 1.165) is 28.7 Å². The Morgan fingerprint density at radius 3 is 2.96 bits per heavy atom. The van der Waals surface area contributed by atoms with Crippen molar-refractivity contribution >= 4 is 16.8 Å². The van der Waals surface area contributed by atoms with Gasteiger partial charge in [0.15, 0.2) is 0 Å². The fraction of sp³-hybridized carbons (Fsp3) is 0.318. The van der Waals surface area contributed by atoms with Gasteiger partial charge in [-0.2, -0.15) is 0 Å². The molecule has 0 saturated carbocycles. The largest absolute Gasteiger partial charge is 0.366 e. The lowest BCUT2D eigenvalue weighted by Crippen LogP contribution is -2.50. The Labute approximate surface area is 164 Å². The molecule has 6 heteroatoms. The number of nitrogens with one attached hydrogen (secondary N) is 1. The average molecular weight is 376 g/mol. The standard InChI is InChI=1S/C22H24N4O2/c1-16(19-6-2-3-9-23-19)26-11-12-28-21(15-26)22(27)25-14-17-7-8-20-18(13-17)5-4-10-24-20/h2-10,13,16,21H,11-12,14-15H2,1H3,(H,25,27). The highest BCUT2D eigenvalue weighted by atomic mass is 16.5. The van der Waals surface area contributed by atoms with Crippen molar-refractivity contribution < 1.29 is 9.53 Å². The van der Waals surface area contributed by atoms with Crippen molar-refractivity contribution in [1.82, 2.24) is 20.2 Å². The molecule has 1 N–H and O–H groups in total. The summed E-state index contributed by atoms with van der Waals surface area (Å²) in [6.07, 6.45) is 3.11. The lowest BCUT2D eigenvalue weighted by atomic mass is 10.1. The number of morpholine rings is 1. The number of pyridine rings is 2. The van der Waals surface area contributed by atoms with Crippen LogP contribution in [0.2, 0.25) is 0 Å². The van der Waals surface area contributed by atoms with Crippen LogP contribution in [0.1, 0.15) is 24.2 Å². The van der Waals surface area contributed by atoms with Crippen molar-refractivity contribution in [1.29, 1.82) is 0 Å². The predicted octanol–water partition coefficient (Wildman–Crippen LogP) is 2.71.